The summed E-state index contributed by atoms with van der Waals surface area (Å²) in [6, 6.07) is 4.59. The van der Waals surface area contributed by atoms with Crippen molar-refractivity contribution in [3.8, 4) is 0 Å². The molecule has 0 amide bonds. The number of nitrogens with one attached hydrogen (secondary N) is 1. The van der Waals surface area contributed by atoms with Crippen molar-refractivity contribution in [3.63, 3.8) is 0 Å². The standard InChI is InChI=1S/C13H18N4/c1-9-4-3-5-11(9)16-13-8-10(2)15-12-6-7-14-17(12)13/h6-9,11,16H,3-5H2,1-2H3. The molecular formula is C13H18N4. The van der Waals surface area contributed by atoms with Crippen molar-refractivity contribution in [1.29, 1.82) is 0 Å². The number of aryl methyl sites for hydroxylation is 1. The fourth-order valence-corrected chi connectivity index (χ4v) is 2.69. The van der Waals surface area contributed by atoms with Gasteiger partial charge in [0.05, 0.1) is 6.20 Å². The molecule has 1 fully saturated rings. The van der Waals surface area contributed by atoms with Crippen LogP contribution in [0.4, 0.5) is 5.82 Å². The molecule has 0 bridgehead atoms. The SMILES string of the molecule is Cc1cc(NC2CCCC2C)n2nccc2n1. The number of hydrogen-bond acceptors (Lipinski definition) is 3. The molecule has 0 aromatic carbocycles. The lowest BCUT2D eigenvalue weighted by Gasteiger charge is -2.19. The van der Waals surface area contributed by atoms with Crippen LogP contribution in [0.3, 0.4) is 0 Å². The van der Waals surface area contributed by atoms with Crippen molar-refractivity contribution < 1.29 is 0 Å². The molecule has 2 aromatic rings. The minimum absolute atomic E-state index is 0.573. The number of anilines is 1. The van der Waals surface area contributed by atoms with Gasteiger partial charge in [-0.15, -0.1) is 0 Å². The van der Waals surface area contributed by atoms with Crippen molar-refractivity contribution in [2.45, 2.75) is 39.2 Å². The van der Waals surface area contributed by atoms with Gasteiger partial charge in [0, 0.05) is 23.9 Å². The number of aromatic nitrogens is 3. The summed E-state index contributed by atoms with van der Waals surface area (Å²) < 4.78 is 1.89. The van der Waals surface area contributed by atoms with Gasteiger partial charge in [-0.3, -0.25) is 0 Å². The minimum Gasteiger partial charge on any atom is -0.367 e. The Bertz CT molecular complexity index is 531. The van der Waals surface area contributed by atoms with Gasteiger partial charge in [-0.2, -0.15) is 9.61 Å². The summed E-state index contributed by atoms with van der Waals surface area (Å²) in [5.41, 5.74) is 1.95. The van der Waals surface area contributed by atoms with E-state index in [0.29, 0.717) is 6.04 Å². The second kappa shape index (κ2) is 4.02. The van der Waals surface area contributed by atoms with Gasteiger partial charge in [-0.05, 0) is 25.7 Å². The van der Waals surface area contributed by atoms with Crippen LogP contribution >= 0.6 is 0 Å². The second-order valence-electron chi connectivity index (χ2n) is 5.04. The van der Waals surface area contributed by atoms with Gasteiger partial charge in [-0.1, -0.05) is 13.3 Å². The molecule has 0 radical (unpaired) electrons. The summed E-state index contributed by atoms with van der Waals surface area (Å²) in [6.45, 7) is 4.34. The van der Waals surface area contributed by atoms with Crippen molar-refractivity contribution in [2.24, 2.45) is 5.92 Å². The van der Waals surface area contributed by atoms with Crippen LogP contribution in [0.5, 0.6) is 0 Å². The molecule has 17 heavy (non-hydrogen) atoms. The fraction of sp³-hybridized carbons (Fsp3) is 0.538. The maximum atomic E-state index is 4.45. The van der Waals surface area contributed by atoms with Crippen molar-refractivity contribution in [1.82, 2.24) is 14.6 Å². The van der Waals surface area contributed by atoms with Crippen molar-refractivity contribution >= 4 is 11.5 Å². The highest BCUT2D eigenvalue weighted by Crippen LogP contribution is 2.28. The lowest BCUT2D eigenvalue weighted by atomic mass is 10.1. The summed E-state index contributed by atoms with van der Waals surface area (Å²) in [4.78, 5) is 4.45. The highest BCUT2D eigenvalue weighted by Gasteiger charge is 2.23. The van der Waals surface area contributed by atoms with Crippen molar-refractivity contribution in [2.75, 3.05) is 5.32 Å². The van der Waals surface area contributed by atoms with Crippen LogP contribution in [0.2, 0.25) is 0 Å². The Labute approximate surface area is 101 Å². The molecule has 1 N–H and O–H groups in total. The van der Waals surface area contributed by atoms with E-state index in [1.165, 1.54) is 19.3 Å². The first-order valence-corrected chi connectivity index (χ1v) is 6.32. The van der Waals surface area contributed by atoms with E-state index in [1.54, 1.807) is 6.20 Å². The van der Waals surface area contributed by atoms with Crippen molar-refractivity contribution in [3.05, 3.63) is 24.0 Å². The molecule has 1 aliphatic carbocycles. The van der Waals surface area contributed by atoms with Crippen LogP contribution in [-0.4, -0.2) is 20.6 Å². The normalized spacial score (nSPS) is 24.4. The molecule has 2 unspecified atom stereocenters. The molecule has 3 rings (SSSR count). The summed E-state index contributed by atoms with van der Waals surface area (Å²) in [7, 11) is 0. The Morgan fingerprint density at radius 1 is 1.41 bits per heavy atom. The highest BCUT2D eigenvalue weighted by atomic mass is 15.3. The average molecular weight is 230 g/mol. The van der Waals surface area contributed by atoms with E-state index in [9.17, 15) is 0 Å². The molecule has 0 spiro atoms. The van der Waals surface area contributed by atoms with Gasteiger partial charge in [0.15, 0.2) is 5.65 Å². The highest BCUT2D eigenvalue weighted by molar-refractivity contribution is 5.49. The lowest BCUT2D eigenvalue weighted by Crippen LogP contribution is -2.23. The molecule has 0 aliphatic heterocycles. The number of fused-ring (bicyclic) bond motifs is 1. The van der Waals surface area contributed by atoms with Gasteiger partial charge >= 0.3 is 0 Å². The van der Waals surface area contributed by atoms with E-state index in [4.69, 9.17) is 0 Å². The summed E-state index contributed by atoms with van der Waals surface area (Å²) in [5, 5.41) is 7.94. The monoisotopic (exact) mass is 230 g/mol. The summed E-state index contributed by atoms with van der Waals surface area (Å²) >= 11 is 0. The van der Waals surface area contributed by atoms with E-state index in [0.717, 1.165) is 23.1 Å². The largest absolute Gasteiger partial charge is 0.367 e. The Kier molecular flexibility index (Phi) is 2.50. The molecule has 1 aliphatic rings. The van der Waals surface area contributed by atoms with Gasteiger partial charge in [-0.25, -0.2) is 4.98 Å². The smallest absolute Gasteiger partial charge is 0.157 e. The molecule has 2 heterocycles. The predicted octanol–water partition coefficient (Wildman–Crippen LogP) is 2.64. The van der Waals surface area contributed by atoms with Crippen LogP contribution in [0.1, 0.15) is 31.9 Å². The molecule has 4 nitrogen and oxygen atoms in total. The first kappa shape index (κ1) is 10.6. The Morgan fingerprint density at radius 3 is 3.06 bits per heavy atom. The average Bonchev–Trinajstić information content (AvgIpc) is 2.88. The van der Waals surface area contributed by atoms with Crippen LogP contribution in [0.25, 0.3) is 5.65 Å². The molecule has 1 saturated carbocycles. The number of hydrogen-bond donors (Lipinski definition) is 1. The molecule has 2 atom stereocenters. The quantitative estimate of drug-likeness (QED) is 0.862. The topological polar surface area (TPSA) is 42.2 Å². The molecule has 2 aromatic heterocycles. The lowest BCUT2D eigenvalue weighted by molar-refractivity contribution is 0.553. The van der Waals surface area contributed by atoms with Gasteiger partial charge < -0.3 is 5.32 Å². The molecular weight excluding hydrogens is 212 g/mol. The van der Waals surface area contributed by atoms with E-state index in [2.05, 4.69) is 28.4 Å². The van der Waals surface area contributed by atoms with Crippen LogP contribution in [0, 0.1) is 12.8 Å². The zero-order valence-electron chi connectivity index (χ0n) is 10.3. The van der Waals surface area contributed by atoms with Gasteiger partial charge in [0.1, 0.15) is 5.82 Å². The van der Waals surface area contributed by atoms with Crippen LogP contribution < -0.4 is 5.32 Å². The maximum absolute atomic E-state index is 4.45. The first-order chi connectivity index (χ1) is 8.24. The van der Waals surface area contributed by atoms with E-state index in [1.807, 2.05) is 17.5 Å². The van der Waals surface area contributed by atoms with Gasteiger partial charge in [0.25, 0.3) is 0 Å². The van der Waals surface area contributed by atoms with E-state index < -0.39 is 0 Å². The minimum atomic E-state index is 0.573. The summed E-state index contributed by atoms with van der Waals surface area (Å²) in [6.07, 6.45) is 5.70. The fourth-order valence-electron chi connectivity index (χ4n) is 2.69. The zero-order chi connectivity index (χ0) is 11.8. The molecule has 0 saturated heterocycles. The third-order valence-corrected chi connectivity index (χ3v) is 3.68. The maximum Gasteiger partial charge on any atom is 0.157 e. The van der Waals surface area contributed by atoms with Crippen LogP contribution in [0.15, 0.2) is 18.3 Å². The van der Waals surface area contributed by atoms with Crippen LogP contribution in [-0.2, 0) is 0 Å². The number of rotatable bonds is 2. The first-order valence-electron chi connectivity index (χ1n) is 6.32. The third-order valence-electron chi connectivity index (χ3n) is 3.68. The molecule has 4 heteroatoms. The molecule has 90 valence electrons. The second-order valence-corrected chi connectivity index (χ2v) is 5.04. The number of nitrogens with zero attached hydrogens (tertiary/aromatic N) is 3. The Balaban J connectivity index is 1.96. The van der Waals surface area contributed by atoms with E-state index >= 15 is 0 Å². The Hall–Kier alpha value is -1.58. The summed E-state index contributed by atoms with van der Waals surface area (Å²) in [5.74, 6) is 1.81. The third kappa shape index (κ3) is 1.88. The van der Waals surface area contributed by atoms with E-state index in [-0.39, 0.29) is 0 Å². The predicted molar refractivity (Wildman–Crippen MR) is 68.1 cm³/mol. The zero-order valence-corrected chi connectivity index (χ0v) is 10.3. The van der Waals surface area contributed by atoms with Gasteiger partial charge in [0.2, 0.25) is 0 Å². The Morgan fingerprint density at radius 2 is 2.29 bits per heavy atom.